The molecule has 0 amide bonds. The van der Waals surface area contributed by atoms with Crippen molar-refractivity contribution in [3.63, 3.8) is 0 Å². The number of rotatable bonds is 0. The Morgan fingerprint density at radius 2 is 0.904 bits per heavy atom. The van der Waals surface area contributed by atoms with E-state index in [0.717, 1.165) is 166 Å². The first-order valence-corrected chi connectivity index (χ1v) is 23.1. The highest BCUT2D eigenvalue weighted by molar-refractivity contribution is 5.88. The second-order valence-electron chi connectivity index (χ2n) is 23.5. The molecule has 258 valence electrons. The SMILES string of the molecule is Cc1cc2cc3c(cc2cc1C)C1C3C2=C3C4C5C6=C7C8C(C=CC2C84)C2C=CC4C8CCC9C%10CCC%11C1C3C1C%11C%10C3C9C8C(C6C3C51)C4C72. The summed E-state index contributed by atoms with van der Waals surface area (Å²) in [6.07, 6.45) is 18.3. The molecule has 2 aromatic rings. The molecule has 0 N–H and O–H groups in total. The fourth-order valence-corrected chi connectivity index (χ4v) is 24.7. The molecule has 0 bridgehead atoms. The smallest absolute Gasteiger partial charge is 0.0132 e. The first-order chi connectivity index (χ1) is 25.7. The van der Waals surface area contributed by atoms with Gasteiger partial charge in [-0.05, 0) is 226 Å². The van der Waals surface area contributed by atoms with Crippen LogP contribution < -0.4 is 0 Å². The molecule has 52 heavy (non-hydrogen) atoms. The minimum atomic E-state index is 0.737. The van der Waals surface area contributed by atoms with E-state index in [1.54, 1.807) is 31.1 Å². The number of fused-ring (bicyclic) bond motifs is 12. The van der Waals surface area contributed by atoms with E-state index >= 15 is 0 Å². The van der Waals surface area contributed by atoms with Gasteiger partial charge < -0.3 is 0 Å². The highest BCUT2D eigenvalue weighted by Crippen LogP contribution is 2.92. The summed E-state index contributed by atoms with van der Waals surface area (Å²) in [4.78, 5) is 0. The molecule has 0 heteroatoms. The van der Waals surface area contributed by atoms with Gasteiger partial charge in [-0.1, -0.05) is 70.9 Å². The molecule has 2 aromatic carbocycles. The maximum Gasteiger partial charge on any atom is 0.0132 e. The average Bonchev–Trinajstić information content (AvgIpc) is 3.98. The van der Waals surface area contributed by atoms with Crippen LogP contribution in [-0.4, -0.2) is 0 Å². The lowest BCUT2D eigenvalue weighted by Crippen LogP contribution is -2.57. The lowest BCUT2D eigenvalue weighted by Gasteiger charge is -2.61. The normalized spacial score (nSPS) is 66.8. The first kappa shape index (κ1) is 25.7. The summed E-state index contributed by atoms with van der Waals surface area (Å²) in [5.74, 6) is 27.8. The number of benzene rings is 2. The third-order valence-electron chi connectivity index (χ3n) is 24.2. The molecule has 10 saturated carbocycles. The summed E-state index contributed by atoms with van der Waals surface area (Å²) in [5.41, 5.74) is 15.5. The fourth-order valence-electron chi connectivity index (χ4n) is 24.7. The Morgan fingerprint density at radius 3 is 1.73 bits per heavy atom. The van der Waals surface area contributed by atoms with Crippen LogP contribution in [0.3, 0.4) is 0 Å². The van der Waals surface area contributed by atoms with E-state index in [-0.39, 0.29) is 0 Å². The molecule has 28 unspecified atom stereocenters. The molecule has 0 heterocycles. The van der Waals surface area contributed by atoms with Crippen molar-refractivity contribution in [1.82, 2.24) is 0 Å². The Hall–Kier alpha value is -2.34. The lowest BCUT2D eigenvalue weighted by atomic mass is 9.43. The molecular weight excluding hydrogens is 625 g/mol. The van der Waals surface area contributed by atoms with Crippen LogP contribution in [0.5, 0.6) is 0 Å². The Balaban J connectivity index is 0.959. The van der Waals surface area contributed by atoms with Gasteiger partial charge in [-0.3, -0.25) is 0 Å². The van der Waals surface area contributed by atoms with Crippen LogP contribution in [0, 0.1) is 168 Å². The molecule has 17 aliphatic rings. The van der Waals surface area contributed by atoms with Crippen molar-refractivity contribution in [3.8, 4) is 0 Å². The summed E-state index contributed by atoms with van der Waals surface area (Å²) in [7, 11) is 0. The zero-order chi connectivity index (χ0) is 32.4. The second kappa shape index (κ2) is 7.23. The van der Waals surface area contributed by atoms with Crippen LogP contribution in [0.2, 0.25) is 0 Å². The largest absolute Gasteiger partial charge is 0.0845 e. The molecule has 0 aromatic heterocycles. The zero-order valence-corrected chi connectivity index (χ0v) is 30.6. The minimum absolute atomic E-state index is 0.737. The summed E-state index contributed by atoms with van der Waals surface area (Å²) in [5, 5.41) is 3.08. The Bertz CT molecular complexity index is 2420. The van der Waals surface area contributed by atoms with E-state index in [9.17, 15) is 0 Å². The summed E-state index contributed by atoms with van der Waals surface area (Å²) in [6, 6.07) is 10.6. The minimum Gasteiger partial charge on any atom is -0.0845 e. The quantitative estimate of drug-likeness (QED) is 0.244. The van der Waals surface area contributed by atoms with Crippen LogP contribution in [0.1, 0.15) is 59.8 Å². The average molecular weight is 675 g/mol. The molecule has 19 rings (SSSR count). The van der Waals surface area contributed by atoms with Gasteiger partial charge in [-0.25, -0.2) is 0 Å². The van der Waals surface area contributed by atoms with E-state index in [0.29, 0.717) is 0 Å². The van der Waals surface area contributed by atoms with Crippen molar-refractivity contribution in [2.75, 3.05) is 0 Å². The standard InChI is InChI=1S/C52H50/c1-15-11-17-13-27-28(14-18(17)12-16(15)2)40-38-26-10-8-24-22-6-4-20-19-3-5-21-23-7-9-25-35-33(23)42-31(21)29(19)41-30(20)32(22)43-34(24)36(26)47-45(38)44(37(25)39(27)40)46(35)51-49(42)48(41)50(43)52(47)51/h3,5,7,9,11-14,19-26,29-36,38-41,43,45-48,50-52H,4,6,8,10H2,1-2H3. The number of allylic oxidation sites excluding steroid dienone is 8. The fraction of sp³-hybridized carbons (Fsp3) is 0.654. The van der Waals surface area contributed by atoms with E-state index < -0.39 is 0 Å². The molecule has 17 aliphatic carbocycles. The molecule has 28 atom stereocenters. The van der Waals surface area contributed by atoms with E-state index in [1.807, 2.05) is 11.1 Å². The molecule has 0 radical (unpaired) electrons. The van der Waals surface area contributed by atoms with Crippen LogP contribution in [-0.2, 0) is 0 Å². The number of hydrogen-bond acceptors (Lipinski definition) is 0. The van der Waals surface area contributed by atoms with E-state index in [2.05, 4.69) is 84.7 Å². The van der Waals surface area contributed by atoms with Crippen molar-refractivity contribution >= 4 is 10.8 Å². The Labute approximate surface area is 308 Å². The van der Waals surface area contributed by atoms with Crippen LogP contribution >= 0.6 is 0 Å². The van der Waals surface area contributed by atoms with Crippen LogP contribution in [0.4, 0.5) is 0 Å². The van der Waals surface area contributed by atoms with Crippen molar-refractivity contribution in [3.05, 3.63) is 93.1 Å². The molecule has 10 fully saturated rings. The van der Waals surface area contributed by atoms with E-state index in [4.69, 9.17) is 0 Å². The van der Waals surface area contributed by atoms with Crippen molar-refractivity contribution in [2.45, 2.75) is 51.4 Å². The van der Waals surface area contributed by atoms with Gasteiger partial charge in [0.25, 0.3) is 0 Å². The van der Waals surface area contributed by atoms with Gasteiger partial charge in [0, 0.05) is 11.8 Å². The summed E-state index contributed by atoms with van der Waals surface area (Å²) < 4.78 is 0. The van der Waals surface area contributed by atoms with Crippen molar-refractivity contribution < 1.29 is 0 Å². The summed E-state index contributed by atoms with van der Waals surface area (Å²) in [6.45, 7) is 4.70. The molecular formula is C52H50. The zero-order valence-electron chi connectivity index (χ0n) is 30.6. The predicted octanol–water partition coefficient (Wildman–Crippen LogP) is 10.1. The lowest BCUT2D eigenvalue weighted by molar-refractivity contribution is -0.127. The molecule has 0 nitrogen and oxygen atoms in total. The highest BCUT2D eigenvalue weighted by Gasteiger charge is 2.86. The summed E-state index contributed by atoms with van der Waals surface area (Å²) >= 11 is 0. The predicted molar refractivity (Wildman–Crippen MR) is 200 cm³/mol. The van der Waals surface area contributed by atoms with Crippen LogP contribution in [0.15, 0.2) is 70.9 Å². The molecule has 0 spiro atoms. The maximum absolute atomic E-state index is 2.96. The monoisotopic (exact) mass is 674 g/mol. The topological polar surface area (TPSA) is 0 Å². The van der Waals surface area contributed by atoms with Gasteiger partial charge in [-0.15, -0.1) is 0 Å². The van der Waals surface area contributed by atoms with Crippen molar-refractivity contribution in [2.24, 2.45) is 154 Å². The second-order valence-corrected chi connectivity index (χ2v) is 23.5. The van der Waals surface area contributed by atoms with Gasteiger partial charge in [0.05, 0.1) is 0 Å². The van der Waals surface area contributed by atoms with Crippen molar-refractivity contribution in [1.29, 1.82) is 0 Å². The van der Waals surface area contributed by atoms with Crippen LogP contribution in [0.25, 0.3) is 10.8 Å². The Kier molecular flexibility index (Phi) is 3.57. The Morgan fingerprint density at radius 1 is 0.365 bits per heavy atom. The molecule has 0 saturated heterocycles. The van der Waals surface area contributed by atoms with E-state index in [1.165, 1.54) is 16.5 Å². The number of hydrogen-bond donors (Lipinski definition) is 0. The third-order valence-corrected chi connectivity index (χ3v) is 24.2. The van der Waals surface area contributed by atoms with Gasteiger partial charge >= 0.3 is 0 Å². The third kappa shape index (κ3) is 2.04. The van der Waals surface area contributed by atoms with Gasteiger partial charge in [-0.2, -0.15) is 0 Å². The van der Waals surface area contributed by atoms with Gasteiger partial charge in [0.15, 0.2) is 0 Å². The molecule has 0 aliphatic heterocycles. The first-order valence-electron chi connectivity index (χ1n) is 23.1. The van der Waals surface area contributed by atoms with Gasteiger partial charge in [0.2, 0.25) is 0 Å². The highest BCUT2D eigenvalue weighted by atomic mass is 14.9. The number of aryl methyl sites for hydroxylation is 2. The van der Waals surface area contributed by atoms with Gasteiger partial charge in [0.1, 0.15) is 0 Å². The maximum atomic E-state index is 2.96.